The van der Waals surface area contributed by atoms with Crippen molar-refractivity contribution in [3.63, 3.8) is 0 Å². The number of rotatable bonds is 5. The second-order valence-electron chi connectivity index (χ2n) is 6.04. The van der Waals surface area contributed by atoms with Crippen LogP contribution in [-0.2, 0) is 19.5 Å². The third-order valence-corrected chi connectivity index (χ3v) is 4.17. The van der Waals surface area contributed by atoms with E-state index in [4.69, 9.17) is 0 Å². The molecule has 5 nitrogen and oxygen atoms in total. The van der Waals surface area contributed by atoms with Crippen LogP contribution in [0.2, 0.25) is 0 Å². The molecule has 112 valence electrons. The van der Waals surface area contributed by atoms with Crippen molar-refractivity contribution in [3.05, 3.63) is 41.7 Å². The Hall–Kier alpha value is -1.75. The van der Waals surface area contributed by atoms with Crippen molar-refractivity contribution in [2.45, 2.75) is 39.3 Å². The summed E-state index contributed by atoms with van der Waals surface area (Å²) in [6.07, 6.45) is 3.59. The molecule has 0 saturated carbocycles. The molecule has 1 saturated heterocycles. The van der Waals surface area contributed by atoms with Crippen molar-refractivity contribution in [2.75, 3.05) is 13.1 Å². The molecule has 1 aromatic carbocycles. The third-order valence-electron chi connectivity index (χ3n) is 4.17. The molecule has 1 unspecified atom stereocenters. The molecule has 1 aromatic heterocycles. The van der Waals surface area contributed by atoms with Crippen molar-refractivity contribution in [2.24, 2.45) is 5.92 Å². The first kappa shape index (κ1) is 14.2. The summed E-state index contributed by atoms with van der Waals surface area (Å²) in [6, 6.07) is 10.5. The highest BCUT2D eigenvalue weighted by Crippen LogP contribution is 2.17. The molecule has 0 spiro atoms. The number of hydrogen-bond donors (Lipinski definition) is 0. The van der Waals surface area contributed by atoms with Crippen LogP contribution in [0.15, 0.2) is 30.3 Å². The quantitative estimate of drug-likeness (QED) is 0.844. The first-order chi connectivity index (χ1) is 10.3. The summed E-state index contributed by atoms with van der Waals surface area (Å²) in [5, 5.41) is 12.2. The lowest BCUT2D eigenvalue weighted by molar-refractivity contribution is 0.170. The van der Waals surface area contributed by atoms with E-state index in [0.717, 1.165) is 44.3 Å². The number of hydrogen-bond acceptors (Lipinski definition) is 4. The predicted octanol–water partition coefficient (Wildman–Crippen LogP) is 2.15. The number of piperidine rings is 1. The molecule has 0 radical (unpaired) electrons. The monoisotopic (exact) mass is 285 g/mol. The molecule has 5 heteroatoms. The second-order valence-corrected chi connectivity index (χ2v) is 6.04. The Morgan fingerprint density at radius 2 is 2.10 bits per heavy atom. The Kier molecular flexibility index (Phi) is 4.60. The summed E-state index contributed by atoms with van der Waals surface area (Å²) in [4.78, 5) is 2.47. The zero-order valence-electron chi connectivity index (χ0n) is 12.6. The van der Waals surface area contributed by atoms with Gasteiger partial charge in [0.2, 0.25) is 0 Å². The molecular weight excluding hydrogens is 262 g/mol. The van der Waals surface area contributed by atoms with Crippen LogP contribution in [-0.4, -0.2) is 38.2 Å². The van der Waals surface area contributed by atoms with Crippen LogP contribution >= 0.6 is 0 Å². The van der Waals surface area contributed by atoms with E-state index in [-0.39, 0.29) is 0 Å². The van der Waals surface area contributed by atoms with Crippen LogP contribution in [0.5, 0.6) is 0 Å². The average molecular weight is 285 g/mol. The summed E-state index contributed by atoms with van der Waals surface area (Å²) >= 11 is 0. The number of benzene rings is 1. The van der Waals surface area contributed by atoms with Gasteiger partial charge in [-0.2, -0.15) is 0 Å². The molecule has 3 rings (SSSR count). The standard InChI is InChI=1S/C16H23N5/c1-14-6-5-10-20(12-14)13-16-17-18-19-21(16)11-9-15-7-3-2-4-8-15/h2-4,7-8,14H,5-6,9-13H2,1H3. The van der Waals surface area contributed by atoms with Gasteiger partial charge in [0.1, 0.15) is 0 Å². The van der Waals surface area contributed by atoms with E-state index in [1.807, 2.05) is 10.7 Å². The Balaban J connectivity index is 1.58. The van der Waals surface area contributed by atoms with Crippen LogP contribution in [0.3, 0.4) is 0 Å². The van der Waals surface area contributed by atoms with Crippen LogP contribution in [0.4, 0.5) is 0 Å². The maximum Gasteiger partial charge on any atom is 0.165 e. The highest BCUT2D eigenvalue weighted by molar-refractivity contribution is 5.14. The van der Waals surface area contributed by atoms with Gasteiger partial charge in [-0.3, -0.25) is 4.90 Å². The van der Waals surface area contributed by atoms with Gasteiger partial charge < -0.3 is 0 Å². The Morgan fingerprint density at radius 1 is 1.24 bits per heavy atom. The fourth-order valence-corrected chi connectivity index (χ4v) is 3.02. The zero-order valence-corrected chi connectivity index (χ0v) is 12.6. The molecule has 1 fully saturated rings. The minimum absolute atomic E-state index is 0.785. The van der Waals surface area contributed by atoms with E-state index < -0.39 is 0 Å². The number of tetrazole rings is 1. The van der Waals surface area contributed by atoms with Gasteiger partial charge in [0.05, 0.1) is 6.54 Å². The summed E-state index contributed by atoms with van der Waals surface area (Å²) < 4.78 is 1.95. The Bertz CT molecular complexity index is 551. The lowest BCUT2D eigenvalue weighted by Crippen LogP contribution is -2.34. The maximum absolute atomic E-state index is 4.21. The maximum atomic E-state index is 4.21. The molecule has 1 aliphatic heterocycles. The van der Waals surface area contributed by atoms with Gasteiger partial charge in [0.15, 0.2) is 5.82 Å². The number of nitrogens with zero attached hydrogens (tertiary/aromatic N) is 5. The molecule has 1 aliphatic rings. The normalized spacial score (nSPS) is 19.8. The predicted molar refractivity (Wildman–Crippen MR) is 81.6 cm³/mol. The van der Waals surface area contributed by atoms with Gasteiger partial charge in [0.25, 0.3) is 0 Å². The lowest BCUT2D eigenvalue weighted by Gasteiger charge is -2.30. The number of aromatic nitrogens is 4. The highest BCUT2D eigenvalue weighted by Gasteiger charge is 2.18. The van der Waals surface area contributed by atoms with Gasteiger partial charge in [-0.05, 0) is 47.7 Å². The van der Waals surface area contributed by atoms with Crippen molar-refractivity contribution in [1.82, 2.24) is 25.1 Å². The van der Waals surface area contributed by atoms with Gasteiger partial charge in [-0.1, -0.05) is 37.3 Å². The first-order valence-corrected chi connectivity index (χ1v) is 7.82. The van der Waals surface area contributed by atoms with Crippen LogP contribution in [0.1, 0.15) is 31.2 Å². The van der Waals surface area contributed by atoms with Gasteiger partial charge in [-0.15, -0.1) is 5.10 Å². The van der Waals surface area contributed by atoms with E-state index in [1.165, 1.54) is 18.4 Å². The molecule has 0 aliphatic carbocycles. The summed E-state index contributed by atoms with van der Waals surface area (Å²) in [6.45, 7) is 6.35. The van der Waals surface area contributed by atoms with Gasteiger partial charge in [0, 0.05) is 13.1 Å². The largest absolute Gasteiger partial charge is 0.296 e. The van der Waals surface area contributed by atoms with Crippen LogP contribution < -0.4 is 0 Å². The average Bonchev–Trinajstić information content (AvgIpc) is 2.93. The minimum Gasteiger partial charge on any atom is -0.296 e. The Labute approximate surface area is 126 Å². The molecule has 1 atom stereocenters. The first-order valence-electron chi connectivity index (χ1n) is 7.82. The molecule has 0 amide bonds. The van der Waals surface area contributed by atoms with Crippen molar-refractivity contribution < 1.29 is 0 Å². The highest BCUT2D eigenvalue weighted by atomic mass is 15.5. The van der Waals surface area contributed by atoms with Crippen molar-refractivity contribution in [3.8, 4) is 0 Å². The molecule has 0 bridgehead atoms. The van der Waals surface area contributed by atoms with Gasteiger partial charge in [-0.25, -0.2) is 4.68 Å². The van der Waals surface area contributed by atoms with E-state index in [1.54, 1.807) is 0 Å². The molecule has 2 heterocycles. The van der Waals surface area contributed by atoms with E-state index in [2.05, 4.69) is 51.6 Å². The van der Waals surface area contributed by atoms with Gasteiger partial charge >= 0.3 is 0 Å². The Morgan fingerprint density at radius 3 is 2.90 bits per heavy atom. The fraction of sp³-hybridized carbons (Fsp3) is 0.562. The fourth-order valence-electron chi connectivity index (χ4n) is 3.02. The van der Waals surface area contributed by atoms with Crippen molar-refractivity contribution >= 4 is 0 Å². The summed E-state index contributed by atoms with van der Waals surface area (Å²) in [5.41, 5.74) is 1.32. The third kappa shape index (κ3) is 3.88. The summed E-state index contributed by atoms with van der Waals surface area (Å²) in [5.74, 6) is 1.77. The van der Waals surface area contributed by atoms with Crippen LogP contribution in [0.25, 0.3) is 0 Å². The van der Waals surface area contributed by atoms with Crippen molar-refractivity contribution in [1.29, 1.82) is 0 Å². The topological polar surface area (TPSA) is 46.8 Å². The summed E-state index contributed by atoms with van der Waals surface area (Å²) in [7, 11) is 0. The smallest absolute Gasteiger partial charge is 0.165 e. The molecular formula is C16H23N5. The molecule has 0 N–H and O–H groups in total. The minimum atomic E-state index is 0.785. The molecule has 2 aromatic rings. The number of aryl methyl sites for hydroxylation is 2. The second kappa shape index (κ2) is 6.80. The van der Waals surface area contributed by atoms with E-state index >= 15 is 0 Å². The van der Waals surface area contributed by atoms with E-state index in [0.29, 0.717) is 0 Å². The zero-order chi connectivity index (χ0) is 14.5. The molecule has 21 heavy (non-hydrogen) atoms. The SMILES string of the molecule is CC1CCCN(Cc2nnnn2CCc2ccccc2)C1. The van der Waals surface area contributed by atoms with Crippen LogP contribution in [0, 0.1) is 5.92 Å². The lowest BCUT2D eigenvalue weighted by atomic mass is 10.0. The number of likely N-dealkylation sites (tertiary alicyclic amines) is 1. The van der Waals surface area contributed by atoms with E-state index in [9.17, 15) is 0 Å².